The van der Waals surface area contributed by atoms with Crippen molar-refractivity contribution in [3.63, 3.8) is 0 Å². The Morgan fingerprint density at radius 2 is 2.10 bits per heavy atom. The summed E-state index contributed by atoms with van der Waals surface area (Å²) in [6, 6.07) is 4.48. The second-order valence-electron chi connectivity index (χ2n) is 8.07. The Morgan fingerprint density at radius 1 is 1.35 bits per heavy atom. The quantitative estimate of drug-likeness (QED) is 0.661. The summed E-state index contributed by atoms with van der Waals surface area (Å²) in [7, 11) is 0. The summed E-state index contributed by atoms with van der Waals surface area (Å²) in [5, 5.41) is 20.0. The topological polar surface area (TPSA) is 99.8 Å². The van der Waals surface area contributed by atoms with Crippen molar-refractivity contribution in [2.45, 2.75) is 38.3 Å². The van der Waals surface area contributed by atoms with Gasteiger partial charge in [0, 0.05) is 38.2 Å². The number of carbonyl (C=O) groups is 2. The van der Waals surface area contributed by atoms with E-state index in [2.05, 4.69) is 0 Å². The van der Waals surface area contributed by atoms with Gasteiger partial charge in [0.2, 0.25) is 5.43 Å². The molecule has 0 saturated heterocycles. The van der Waals surface area contributed by atoms with E-state index >= 15 is 0 Å². The standard InChI is InChI=1S/C22H22ClFN2O5/c1-2-26-21(31)18-20(30)19(29)14(9-25(18)11-22(26)8-13(22)10-27)16(28)7-6-12-4-3-5-15(23)17(12)24/h3-5,9,13,27,30H,2,6-8,10-11H2,1H3/t13-,22+/m0/s1. The highest BCUT2D eigenvalue weighted by atomic mass is 35.5. The lowest BCUT2D eigenvalue weighted by Gasteiger charge is -2.38. The monoisotopic (exact) mass is 448 g/mol. The number of aliphatic hydroxyl groups excluding tert-OH is 1. The first-order valence-corrected chi connectivity index (χ1v) is 10.5. The Hall–Kier alpha value is -2.71. The predicted octanol–water partition coefficient (Wildman–Crippen LogP) is 2.39. The van der Waals surface area contributed by atoms with Crippen molar-refractivity contribution in [2.75, 3.05) is 13.2 Å². The minimum absolute atomic E-state index is 0.0340. The van der Waals surface area contributed by atoms with Gasteiger partial charge in [-0.15, -0.1) is 0 Å². The van der Waals surface area contributed by atoms with E-state index in [-0.39, 0.29) is 53.8 Å². The Kier molecular flexibility index (Phi) is 5.39. The summed E-state index contributed by atoms with van der Waals surface area (Å²) in [4.78, 5) is 40.0. The molecular formula is C22H22ClFN2O5. The van der Waals surface area contributed by atoms with Gasteiger partial charge in [-0.2, -0.15) is 0 Å². The van der Waals surface area contributed by atoms with E-state index in [9.17, 15) is 29.0 Å². The number of halogens is 2. The number of aromatic nitrogens is 1. The zero-order valence-electron chi connectivity index (χ0n) is 16.9. The number of carbonyl (C=O) groups excluding carboxylic acids is 2. The fourth-order valence-electron chi connectivity index (χ4n) is 4.62. The molecule has 1 aromatic carbocycles. The first-order valence-electron chi connectivity index (χ1n) is 10.1. The van der Waals surface area contributed by atoms with Crippen molar-refractivity contribution in [3.8, 4) is 5.75 Å². The van der Waals surface area contributed by atoms with Crippen LogP contribution in [-0.4, -0.2) is 50.1 Å². The number of Topliss-reactive ketones (excluding diaryl/α,β-unsaturated/α-hetero) is 1. The molecule has 9 heteroatoms. The van der Waals surface area contributed by atoms with E-state index < -0.39 is 34.2 Å². The number of aliphatic hydroxyl groups is 1. The molecule has 164 valence electrons. The molecular weight excluding hydrogens is 427 g/mol. The third kappa shape index (κ3) is 3.34. The van der Waals surface area contributed by atoms with Gasteiger partial charge in [0.05, 0.1) is 16.1 Å². The molecule has 2 aromatic rings. The molecule has 1 spiro atoms. The van der Waals surface area contributed by atoms with Crippen LogP contribution < -0.4 is 5.43 Å². The van der Waals surface area contributed by atoms with Gasteiger partial charge in [-0.25, -0.2) is 4.39 Å². The maximum atomic E-state index is 14.1. The molecule has 1 amide bonds. The van der Waals surface area contributed by atoms with Crippen molar-refractivity contribution in [3.05, 3.63) is 62.3 Å². The van der Waals surface area contributed by atoms with Crippen molar-refractivity contribution >= 4 is 23.3 Å². The summed E-state index contributed by atoms with van der Waals surface area (Å²) in [6.07, 6.45) is 1.77. The summed E-state index contributed by atoms with van der Waals surface area (Å²) >= 11 is 5.77. The lowest BCUT2D eigenvalue weighted by atomic mass is 10.0. The molecule has 2 N–H and O–H groups in total. The van der Waals surface area contributed by atoms with Gasteiger partial charge < -0.3 is 19.7 Å². The van der Waals surface area contributed by atoms with E-state index in [1.165, 1.54) is 22.9 Å². The van der Waals surface area contributed by atoms with Gasteiger partial charge in [0.1, 0.15) is 5.82 Å². The first-order chi connectivity index (χ1) is 14.7. The molecule has 1 saturated carbocycles. The third-order valence-corrected chi connectivity index (χ3v) is 6.67. The Labute approximate surface area is 182 Å². The van der Waals surface area contributed by atoms with E-state index in [4.69, 9.17) is 11.6 Å². The number of rotatable bonds is 6. The Bertz CT molecular complexity index is 1150. The maximum Gasteiger partial charge on any atom is 0.275 e. The highest BCUT2D eigenvalue weighted by molar-refractivity contribution is 6.30. The van der Waals surface area contributed by atoms with Gasteiger partial charge >= 0.3 is 0 Å². The number of likely N-dealkylation sites (N-methyl/N-ethyl adjacent to an activating group) is 1. The van der Waals surface area contributed by atoms with Crippen LogP contribution in [-0.2, 0) is 13.0 Å². The maximum absolute atomic E-state index is 14.1. The highest BCUT2D eigenvalue weighted by Crippen LogP contribution is 2.52. The van der Waals surface area contributed by atoms with Crippen LogP contribution in [0.25, 0.3) is 0 Å². The van der Waals surface area contributed by atoms with Crippen LogP contribution in [0, 0.1) is 11.7 Å². The van der Waals surface area contributed by atoms with E-state index in [1.807, 2.05) is 0 Å². The summed E-state index contributed by atoms with van der Waals surface area (Å²) in [6.45, 7) is 2.35. The van der Waals surface area contributed by atoms with Crippen LogP contribution >= 0.6 is 11.6 Å². The zero-order valence-corrected chi connectivity index (χ0v) is 17.7. The SMILES string of the molecule is CCN1C(=O)c2c(O)c(=O)c(C(=O)CCc3cccc(Cl)c3F)cn2C[C@@]12C[C@H]2CO. The van der Waals surface area contributed by atoms with Gasteiger partial charge in [-0.05, 0) is 31.4 Å². The Morgan fingerprint density at radius 3 is 2.74 bits per heavy atom. The fraction of sp³-hybridized carbons (Fsp3) is 0.409. The number of fused-ring (bicyclic) bond motifs is 1. The predicted molar refractivity (Wildman–Crippen MR) is 111 cm³/mol. The molecule has 2 atom stereocenters. The number of nitrogens with zero attached hydrogens (tertiary/aromatic N) is 2. The number of aromatic hydroxyl groups is 1. The van der Waals surface area contributed by atoms with Crippen molar-refractivity contribution in [1.82, 2.24) is 9.47 Å². The number of pyridine rings is 1. The van der Waals surface area contributed by atoms with E-state index in [0.29, 0.717) is 13.0 Å². The van der Waals surface area contributed by atoms with E-state index in [0.717, 1.165) is 0 Å². The molecule has 0 radical (unpaired) electrons. The number of hydrogen-bond acceptors (Lipinski definition) is 5. The number of ketones is 1. The molecule has 1 aliphatic carbocycles. The summed E-state index contributed by atoms with van der Waals surface area (Å²) in [5.74, 6) is -2.54. The molecule has 2 heterocycles. The zero-order chi connectivity index (χ0) is 22.5. The second-order valence-corrected chi connectivity index (χ2v) is 8.48. The lowest BCUT2D eigenvalue weighted by molar-refractivity contribution is 0.0508. The fourth-order valence-corrected chi connectivity index (χ4v) is 4.81. The normalized spacial score (nSPS) is 22.0. The molecule has 1 fully saturated rings. The first kappa shape index (κ1) is 21.5. The van der Waals surface area contributed by atoms with Crippen LogP contribution in [0.1, 0.15) is 46.2 Å². The average Bonchev–Trinajstić information content (AvgIpc) is 3.44. The molecule has 1 aliphatic heterocycles. The highest BCUT2D eigenvalue weighted by Gasteiger charge is 2.61. The molecule has 31 heavy (non-hydrogen) atoms. The van der Waals surface area contributed by atoms with E-state index in [1.54, 1.807) is 17.9 Å². The van der Waals surface area contributed by atoms with Crippen LogP contribution in [0.15, 0.2) is 29.2 Å². The van der Waals surface area contributed by atoms with Crippen LogP contribution in [0.3, 0.4) is 0 Å². The Balaban J connectivity index is 1.66. The van der Waals surface area contributed by atoms with Crippen LogP contribution in [0.4, 0.5) is 4.39 Å². The molecule has 4 rings (SSSR count). The minimum Gasteiger partial charge on any atom is -0.503 e. The third-order valence-electron chi connectivity index (χ3n) is 6.38. The molecule has 0 bridgehead atoms. The summed E-state index contributed by atoms with van der Waals surface area (Å²) < 4.78 is 15.5. The molecule has 0 unspecified atom stereocenters. The van der Waals surface area contributed by atoms with Gasteiger partial charge in [-0.3, -0.25) is 14.4 Å². The van der Waals surface area contributed by atoms with Gasteiger partial charge in [0.25, 0.3) is 5.91 Å². The van der Waals surface area contributed by atoms with Gasteiger partial charge in [-0.1, -0.05) is 23.7 Å². The molecule has 2 aliphatic rings. The van der Waals surface area contributed by atoms with Crippen molar-refractivity contribution < 1.29 is 24.2 Å². The average molecular weight is 449 g/mol. The number of benzene rings is 1. The van der Waals surface area contributed by atoms with Gasteiger partial charge in [0.15, 0.2) is 17.2 Å². The van der Waals surface area contributed by atoms with Crippen molar-refractivity contribution in [1.29, 1.82) is 0 Å². The van der Waals surface area contributed by atoms with Crippen LogP contribution in [0.2, 0.25) is 5.02 Å². The second kappa shape index (κ2) is 7.76. The largest absolute Gasteiger partial charge is 0.503 e. The number of aryl methyl sites for hydroxylation is 1. The molecule has 1 aromatic heterocycles. The minimum atomic E-state index is -0.919. The smallest absolute Gasteiger partial charge is 0.275 e. The van der Waals surface area contributed by atoms with Crippen molar-refractivity contribution in [2.24, 2.45) is 5.92 Å². The summed E-state index contributed by atoms with van der Waals surface area (Å²) in [5.41, 5.74) is -1.66. The lowest BCUT2D eigenvalue weighted by Crippen LogP contribution is -2.52. The van der Waals surface area contributed by atoms with Crippen LogP contribution in [0.5, 0.6) is 5.75 Å². The number of amides is 1. The molecule has 7 nitrogen and oxygen atoms in total. The number of hydrogen-bond donors (Lipinski definition) is 2.